The number of hydrogen-bond acceptors (Lipinski definition) is 2. The smallest absolute Gasteiger partial charge is 0.0535 e. The Morgan fingerprint density at radius 3 is 2.52 bits per heavy atom. The molecule has 1 N–H and O–H groups in total. The van der Waals surface area contributed by atoms with Crippen LogP contribution in [0.2, 0.25) is 0 Å². The molecule has 2 nitrogen and oxygen atoms in total. The van der Waals surface area contributed by atoms with Crippen LogP contribution >= 0.6 is 0 Å². The van der Waals surface area contributed by atoms with E-state index in [0.29, 0.717) is 0 Å². The van der Waals surface area contributed by atoms with Gasteiger partial charge in [-0.05, 0) is 44.1 Å². The van der Waals surface area contributed by atoms with E-state index >= 15 is 0 Å². The van der Waals surface area contributed by atoms with Crippen LogP contribution in [-0.4, -0.2) is 30.6 Å². The van der Waals surface area contributed by atoms with Crippen LogP contribution in [0, 0.1) is 5.92 Å². The second-order valence-electron chi connectivity index (χ2n) is 7.18. The second kappa shape index (κ2) is 6.50. The van der Waals surface area contributed by atoms with Gasteiger partial charge in [0.05, 0.1) is 5.54 Å². The predicted octanol–water partition coefficient (Wildman–Crippen LogP) is 3.78. The Balaban J connectivity index is 1.66. The first kappa shape index (κ1) is 15.1. The van der Waals surface area contributed by atoms with E-state index in [-0.39, 0.29) is 5.54 Å². The van der Waals surface area contributed by atoms with Crippen molar-refractivity contribution in [1.82, 2.24) is 10.2 Å². The highest BCUT2D eigenvalue weighted by atomic mass is 15.2. The molecule has 2 aliphatic rings. The molecule has 1 atom stereocenters. The molecule has 1 saturated carbocycles. The summed E-state index contributed by atoms with van der Waals surface area (Å²) in [4.78, 5) is 2.76. The van der Waals surface area contributed by atoms with Crippen LogP contribution < -0.4 is 5.32 Å². The summed E-state index contributed by atoms with van der Waals surface area (Å²) in [6, 6.07) is 11.8. The SMILES string of the molecule is CCC1CCC(N2CCNC(C)(c3ccccc3)C2)CC1. The molecule has 1 heterocycles. The van der Waals surface area contributed by atoms with E-state index in [0.717, 1.165) is 25.0 Å². The average Bonchev–Trinajstić information content (AvgIpc) is 2.56. The summed E-state index contributed by atoms with van der Waals surface area (Å²) in [5.41, 5.74) is 1.54. The molecule has 116 valence electrons. The molecule has 3 rings (SSSR count). The van der Waals surface area contributed by atoms with Crippen molar-refractivity contribution < 1.29 is 0 Å². The van der Waals surface area contributed by atoms with Crippen molar-refractivity contribution in [3.8, 4) is 0 Å². The highest BCUT2D eigenvalue weighted by molar-refractivity contribution is 5.25. The Bertz CT molecular complexity index is 436. The first-order valence-electron chi connectivity index (χ1n) is 8.76. The number of benzene rings is 1. The number of piperazine rings is 1. The van der Waals surface area contributed by atoms with Gasteiger partial charge >= 0.3 is 0 Å². The van der Waals surface area contributed by atoms with Crippen molar-refractivity contribution in [1.29, 1.82) is 0 Å². The van der Waals surface area contributed by atoms with E-state index in [4.69, 9.17) is 0 Å². The third kappa shape index (κ3) is 3.32. The van der Waals surface area contributed by atoms with E-state index in [1.165, 1.54) is 44.2 Å². The van der Waals surface area contributed by atoms with Crippen molar-refractivity contribution in [3.63, 3.8) is 0 Å². The van der Waals surface area contributed by atoms with Gasteiger partial charge in [0.1, 0.15) is 0 Å². The van der Waals surface area contributed by atoms with Gasteiger partial charge < -0.3 is 5.32 Å². The van der Waals surface area contributed by atoms with E-state index in [9.17, 15) is 0 Å². The lowest BCUT2D eigenvalue weighted by Crippen LogP contribution is -2.59. The molecule has 0 aromatic heterocycles. The van der Waals surface area contributed by atoms with E-state index in [1.54, 1.807) is 0 Å². The minimum absolute atomic E-state index is 0.112. The standard InChI is InChI=1S/C19H30N2/c1-3-16-9-11-18(12-10-16)21-14-13-20-19(2,15-21)17-7-5-4-6-8-17/h4-8,16,18,20H,3,9-15H2,1-2H3. The monoisotopic (exact) mass is 286 g/mol. The minimum Gasteiger partial charge on any atom is -0.305 e. The molecule has 0 radical (unpaired) electrons. The maximum absolute atomic E-state index is 3.76. The van der Waals surface area contributed by atoms with Crippen molar-refractivity contribution >= 4 is 0 Å². The van der Waals surface area contributed by atoms with Crippen molar-refractivity contribution in [2.45, 2.75) is 57.5 Å². The van der Waals surface area contributed by atoms with Gasteiger partial charge in [-0.25, -0.2) is 0 Å². The highest BCUT2D eigenvalue weighted by Crippen LogP contribution is 2.32. The quantitative estimate of drug-likeness (QED) is 0.910. The van der Waals surface area contributed by atoms with Crippen LogP contribution in [0.1, 0.15) is 51.5 Å². The van der Waals surface area contributed by atoms with Gasteiger partial charge in [-0.15, -0.1) is 0 Å². The molecule has 2 heteroatoms. The fourth-order valence-electron chi connectivity index (χ4n) is 4.25. The summed E-state index contributed by atoms with van der Waals surface area (Å²) < 4.78 is 0. The second-order valence-corrected chi connectivity index (χ2v) is 7.18. The van der Waals surface area contributed by atoms with Crippen LogP contribution in [0.5, 0.6) is 0 Å². The van der Waals surface area contributed by atoms with Crippen LogP contribution in [0.3, 0.4) is 0 Å². The van der Waals surface area contributed by atoms with E-state index in [1.807, 2.05) is 0 Å². The zero-order valence-corrected chi connectivity index (χ0v) is 13.6. The molecular weight excluding hydrogens is 256 g/mol. The molecule has 0 amide bonds. The zero-order valence-electron chi connectivity index (χ0n) is 13.6. The molecule has 0 spiro atoms. The van der Waals surface area contributed by atoms with Crippen molar-refractivity contribution in [2.75, 3.05) is 19.6 Å². The summed E-state index contributed by atoms with van der Waals surface area (Å²) >= 11 is 0. The van der Waals surface area contributed by atoms with Crippen LogP contribution in [0.4, 0.5) is 0 Å². The maximum Gasteiger partial charge on any atom is 0.0535 e. The molecule has 1 aliphatic carbocycles. The third-order valence-corrected chi connectivity index (χ3v) is 5.75. The summed E-state index contributed by atoms with van der Waals surface area (Å²) in [5, 5.41) is 3.76. The minimum atomic E-state index is 0.112. The van der Waals surface area contributed by atoms with Gasteiger partial charge in [0.2, 0.25) is 0 Å². The summed E-state index contributed by atoms with van der Waals surface area (Å²) in [6.45, 7) is 8.19. The Hall–Kier alpha value is -0.860. The summed E-state index contributed by atoms with van der Waals surface area (Å²) in [6.07, 6.45) is 7.06. The molecular formula is C19H30N2. The first-order chi connectivity index (χ1) is 10.2. The Kier molecular flexibility index (Phi) is 4.66. The van der Waals surface area contributed by atoms with Crippen LogP contribution in [-0.2, 0) is 5.54 Å². The molecule has 1 unspecified atom stereocenters. The molecule has 21 heavy (non-hydrogen) atoms. The lowest BCUT2D eigenvalue weighted by Gasteiger charge is -2.46. The molecule has 1 aromatic carbocycles. The topological polar surface area (TPSA) is 15.3 Å². The highest BCUT2D eigenvalue weighted by Gasteiger charge is 2.35. The van der Waals surface area contributed by atoms with Crippen LogP contribution in [0.25, 0.3) is 0 Å². The maximum atomic E-state index is 3.76. The Morgan fingerprint density at radius 1 is 1.14 bits per heavy atom. The molecule has 1 saturated heterocycles. The van der Waals surface area contributed by atoms with Gasteiger partial charge in [0.25, 0.3) is 0 Å². The lowest BCUT2D eigenvalue weighted by molar-refractivity contribution is 0.0700. The number of nitrogens with one attached hydrogen (secondary N) is 1. The molecule has 0 bridgehead atoms. The van der Waals surface area contributed by atoms with E-state index < -0.39 is 0 Å². The van der Waals surface area contributed by atoms with Gasteiger partial charge in [0, 0.05) is 25.7 Å². The fourth-order valence-corrected chi connectivity index (χ4v) is 4.25. The first-order valence-corrected chi connectivity index (χ1v) is 8.76. The zero-order chi connectivity index (χ0) is 14.7. The molecule has 1 aromatic rings. The van der Waals surface area contributed by atoms with Crippen molar-refractivity contribution in [2.24, 2.45) is 5.92 Å². The van der Waals surface area contributed by atoms with Crippen molar-refractivity contribution in [3.05, 3.63) is 35.9 Å². The third-order valence-electron chi connectivity index (χ3n) is 5.75. The molecule has 2 fully saturated rings. The van der Waals surface area contributed by atoms with Gasteiger partial charge in [-0.2, -0.15) is 0 Å². The van der Waals surface area contributed by atoms with Gasteiger partial charge in [-0.3, -0.25) is 4.90 Å². The Labute approximate surface area is 129 Å². The number of nitrogens with zero attached hydrogens (tertiary/aromatic N) is 1. The van der Waals surface area contributed by atoms with Gasteiger partial charge in [-0.1, -0.05) is 43.7 Å². The number of hydrogen-bond donors (Lipinski definition) is 1. The number of rotatable bonds is 3. The van der Waals surface area contributed by atoms with Gasteiger partial charge in [0.15, 0.2) is 0 Å². The average molecular weight is 286 g/mol. The fraction of sp³-hybridized carbons (Fsp3) is 0.684. The molecule has 1 aliphatic heterocycles. The van der Waals surface area contributed by atoms with E-state index in [2.05, 4.69) is 54.4 Å². The summed E-state index contributed by atoms with van der Waals surface area (Å²) in [5.74, 6) is 0.990. The predicted molar refractivity (Wildman–Crippen MR) is 89.4 cm³/mol. The summed E-state index contributed by atoms with van der Waals surface area (Å²) in [7, 11) is 0. The Morgan fingerprint density at radius 2 is 1.86 bits per heavy atom. The normalized spacial score (nSPS) is 34.8. The van der Waals surface area contributed by atoms with Crippen LogP contribution in [0.15, 0.2) is 30.3 Å². The largest absolute Gasteiger partial charge is 0.305 e. The lowest BCUT2D eigenvalue weighted by atomic mass is 9.82.